The van der Waals surface area contributed by atoms with Crippen molar-refractivity contribution in [3.63, 3.8) is 0 Å². The van der Waals surface area contributed by atoms with Crippen molar-refractivity contribution in [2.45, 2.75) is 174 Å². The Hall–Kier alpha value is -0.870. The van der Waals surface area contributed by atoms with Crippen molar-refractivity contribution in [1.82, 2.24) is 5.32 Å². The van der Waals surface area contributed by atoms with Gasteiger partial charge in [0.25, 0.3) is 0 Å². The van der Waals surface area contributed by atoms with Gasteiger partial charge in [-0.1, -0.05) is 129 Å². The van der Waals surface area contributed by atoms with Gasteiger partial charge in [-0.2, -0.15) is 0 Å². The minimum absolute atomic E-state index is 0.0444. The summed E-state index contributed by atoms with van der Waals surface area (Å²) in [6.45, 7) is 4.30. The average Bonchev–Trinajstić information content (AvgIpc) is 2.86. The van der Waals surface area contributed by atoms with E-state index >= 15 is 0 Å². The molecule has 0 bridgehead atoms. The maximum absolute atomic E-state index is 12.2. The van der Waals surface area contributed by atoms with E-state index in [4.69, 9.17) is 0 Å². The molecule has 0 aliphatic rings. The second kappa shape index (κ2) is 27.7. The van der Waals surface area contributed by atoms with E-state index in [0.717, 1.165) is 25.7 Å². The molecule has 208 valence electrons. The van der Waals surface area contributed by atoms with E-state index in [1.165, 1.54) is 109 Å². The molecular weight excluding hydrogens is 434 g/mol. The molecule has 0 saturated heterocycles. The number of amides is 1. The number of allylic oxidation sites excluding steroid dienone is 2. The molecule has 2 unspecified atom stereocenters. The van der Waals surface area contributed by atoms with Gasteiger partial charge < -0.3 is 15.5 Å². The first-order valence-corrected chi connectivity index (χ1v) is 15.4. The van der Waals surface area contributed by atoms with E-state index in [9.17, 15) is 15.0 Å². The second-order valence-electron chi connectivity index (χ2n) is 10.5. The largest absolute Gasteiger partial charge is 0.394 e. The minimum atomic E-state index is -0.655. The van der Waals surface area contributed by atoms with Crippen molar-refractivity contribution >= 4 is 5.91 Å². The monoisotopic (exact) mass is 495 g/mol. The van der Waals surface area contributed by atoms with Gasteiger partial charge in [-0.05, 0) is 38.5 Å². The molecular formula is C31H61NO3. The third kappa shape index (κ3) is 24.6. The molecule has 0 radical (unpaired) electrons. The molecule has 0 rings (SSSR count). The van der Waals surface area contributed by atoms with Gasteiger partial charge in [0, 0.05) is 6.42 Å². The van der Waals surface area contributed by atoms with Gasteiger partial charge in [0.2, 0.25) is 5.91 Å². The Bertz CT molecular complexity index is 466. The number of hydrogen-bond acceptors (Lipinski definition) is 3. The fourth-order valence-electron chi connectivity index (χ4n) is 4.59. The summed E-state index contributed by atoms with van der Waals surface area (Å²) in [7, 11) is 0. The summed E-state index contributed by atoms with van der Waals surface area (Å²) >= 11 is 0. The zero-order chi connectivity index (χ0) is 25.8. The summed E-state index contributed by atoms with van der Waals surface area (Å²) in [5, 5.41) is 22.8. The van der Waals surface area contributed by atoms with Crippen LogP contribution in [0.4, 0.5) is 0 Å². The Kier molecular flexibility index (Phi) is 27.0. The third-order valence-electron chi connectivity index (χ3n) is 7.03. The number of rotatable bonds is 27. The van der Waals surface area contributed by atoms with Gasteiger partial charge in [-0.25, -0.2) is 0 Å². The minimum Gasteiger partial charge on any atom is -0.394 e. The Morgan fingerprint density at radius 3 is 1.57 bits per heavy atom. The van der Waals surface area contributed by atoms with E-state index in [1.807, 2.05) is 0 Å². The summed E-state index contributed by atoms with van der Waals surface area (Å²) in [5.41, 5.74) is 0. The van der Waals surface area contributed by atoms with E-state index in [2.05, 4.69) is 31.3 Å². The summed E-state index contributed by atoms with van der Waals surface area (Å²) in [4.78, 5) is 12.2. The maximum atomic E-state index is 12.2. The van der Waals surface area contributed by atoms with Gasteiger partial charge in [0.1, 0.15) is 0 Å². The number of carbonyl (C=O) groups is 1. The second-order valence-corrected chi connectivity index (χ2v) is 10.5. The van der Waals surface area contributed by atoms with E-state index in [-0.39, 0.29) is 12.5 Å². The number of unbranched alkanes of at least 4 members (excludes halogenated alkanes) is 18. The molecule has 3 N–H and O–H groups in total. The highest BCUT2D eigenvalue weighted by molar-refractivity contribution is 5.76. The SMILES string of the molecule is CCCCCCC/C=C\CCCCCCCC(=O)NC(CO)C(O)CCCCCCCCCCC. The molecule has 0 aliphatic heterocycles. The lowest BCUT2D eigenvalue weighted by Gasteiger charge is -2.22. The van der Waals surface area contributed by atoms with Gasteiger partial charge in [0.15, 0.2) is 0 Å². The Morgan fingerprint density at radius 1 is 0.657 bits per heavy atom. The summed E-state index contributed by atoms with van der Waals surface area (Å²) in [5.74, 6) is -0.0444. The lowest BCUT2D eigenvalue weighted by atomic mass is 10.0. The van der Waals surface area contributed by atoms with Crippen LogP contribution >= 0.6 is 0 Å². The van der Waals surface area contributed by atoms with Crippen LogP contribution in [0, 0.1) is 0 Å². The van der Waals surface area contributed by atoms with Crippen LogP contribution in [-0.4, -0.2) is 34.9 Å². The van der Waals surface area contributed by atoms with Crippen LogP contribution in [0.5, 0.6) is 0 Å². The first-order valence-electron chi connectivity index (χ1n) is 15.4. The predicted octanol–water partition coefficient (Wildman–Crippen LogP) is 8.39. The summed E-state index contributed by atoms with van der Waals surface area (Å²) < 4.78 is 0. The number of hydrogen-bond donors (Lipinski definition) is 3. The Morgan fingerprint density at radius 2 is 1.09 bits per heavy atom. The molecule has 35 heavy (non-hydrogen) atoms. The molecule has 0 aromatic carbocycles. The van der Waals surface area contributed by atoms with Crippen LogP contribution in [0.3, 0.4) is 0 Å². The molecule has 0 aliphatic carbocycles. The maximum Gasteiger partial charge on any atom is 0.220 e. The van der Waals surface area contributed by atoms with E-state index < -0.39 is 12.1 Å². The Balaban J connectivity index is 3.61. The van der Waals surface area contributed by atoms with E-state index in [0.29, 0.717) is 12.8 Å². The van der Waals surface area contributed by atoms with Gasteiger partial charge in [-0.3, -0.25) is 4.79 Å². The first-order chi connectivity index (χ1) is 17.2. The van der Waals surface area contributed by atoms with Crippen LogP contribution < -0.4 is 5.32 Å². The normalized spacial score (nSPS) is 13.4. The molecule has 0 fully saturated rings. The van der Waals surface area contributed by atoms with Gasteiger partial charge >= 0.3 is 0 Å². The Labute approximate surface area is 218 Å². The number of nitrogens with one attached hydrogen (secondary N) is 1. The van der Waals surface area contributed by atoms with Crippen LogP contribution in [0.1, 0.15) is 162 Å². The van der Waals surface area contributed by atoms with Crippen molar-refractivity contribution in [2.24, 2.45) is 0 Å². The first kappa shape index (κ1) is 34.1. The van der Waals surface area contributed by atoms with Crippen LogP contribution in [0.15, 0.2) is 12.2 Å². The van der Waals surface area contributed by atoms with Crippen molar-refractivity contribution < 1.29 is 15.0 Å². The zero-order valence-electron chi connectivity index (χ0n) is 23.6. The number of carbonyl (C=O) groups excluding carboxylic acids is 1. The topological polar surface area (TPSA) is 69.6 Å². The number of aliphatic hydroxyl groups excluding tert-OH is 2. The molecule has 0 spiro atoms. The quantitative estimate of drug-likeness (QED) is 0.0791. The zero-order valence-corrected chi connectivity index (χ0v) is 23.6. The fraction of sp³-hybridized carbons (Fsp3) is 0.903. The van der Waals surface area contributed by atoms with Gasteiger partial charge in [-0.15, -0.1) is 0 Å². The smallest absolute Gasteiger partial charge is 0.220 e. The summed E-state index contributed by atoms with van der Waals surface area (Å²) in [6, 6.07) is -0.532. The van der Waals surface area contributed by atoms with Crippen molar-refractivity contribution in [2.75, 3.05) is 6.61 Å². The lowest BCUT2D eigenvalue weighted by Crippen LogP contribution is -2.45. The van der Waals surface area contributed by atoms with Crippen LogP contribution in [-0.2, 0) is 4.79 Å². The van der Waals surface area contributed by atoms with Crippen LogP contribution in [0.25, 0.3) is 0 Å². The molecule has 0 saturated carbocycles. The highest BCUT2D eigenvalue weighted by atomic mass is 16.3. The molecule has 0 aromatic heterocycles. The standard InChI is InChI=1S/C31H61NO3/c1-3-5-7-9-11-13-14-15-16-17-19-21-23-25-27-31(35)32-29(28-33)30(34)26-24-22-20-18-12-10-8-6-4-2/h14-15,29-30,33-34H,3-13,16-28H2,1-2H3,(H,32,35)/b15-14-. The highest BCUT2D eigenvalue weighted by Crippen LogP contribution is 2.13. The fourth-order valence-corrected chi connectivity index (χ4v) is 4.59. The van der Waals surface area contributed by atoms with Crippen molar-refractivity contribution in [1.29, 1.82) is 0 Å². The van der Waals surface area contributed by atoms with Crippen molar-refractivity contribution in [3.05, 3.63) is 12.2 Å². The van der Waals surface area contributed by atoms with Crippen molar-refractivity contribution in [3.8, 4) is 0 Å². The predicted molar refractivity (Wildman–Crippen MR) is 152 cm³/mol. The molecule has 0 aromatic rings. The summed E-state index contributed by atoms with van der Waals surface area (Å²) in [6.07, 6.45) is 31.1. The number of aliphatic hydroxyl groups is 2. The lowest BCUT2D eigenvalue weighted by molar-refractivity contribution is -0.123. The molecule has 0 heterocycles. The molecule has 4 nitrogen and oxygen atoms in total. The van der Waals surface area contributed by atoms with Gasteiger partial charge in [0.05, 0.1) is 18.8 Å². The third-order valence-corrected chi connectivity index (χ3v) is 7.03. The molecule has 2 atom stereocenters. The van der Waals surface area contributed by atoms with Crippen LogP contribution in [0.2, 0.25) is 0 Å². The molecule has 4 heteroatoms. The van der Waals surface area contributed by atoms with E-state index in [1.54, 1.807) is 0 Å². The average molecular weight is 496 g/mol. The highest BCUT2D eigenvalue weighted by Gasteiger charge is 2.19. The molecule has 1 amide bonds.